The fourth-order valence-corrected chi connectivity index (χ4v) is 2.31. The number of anilines is 1. The molecular weight excluding hydrogens is 334 g/mol. The highest BCUT2D eigenvalue weighted by Crippen LogP contribution is 2.28. The molecule has 6 nitrogen and oxygen atoms in total. The van der Waals surface area contributed by atoms with Gasteiger partial charge in [-0.1, -0.05) is 12.1 Å². The van der Waals surface area contributed by atoms with E-state index in [1.54, 1.807) is 24.3 Å². The highest BCUT2D eigenvalue weighted by atomic mass is 16.5. The van der Waals surface area contributed by atoms with Crippen LogP contribution in [0.25, 0.3) is 0 Å². The number of hydrogen-bond donors (Lipinski definition) is 1. The van der Waals surface area contributed by atoms with Gasteiger partial charge in [-0.15, -0.1) is 0 Å². The molecule has 0 spiro atoms. The maximum absolute atomic E-state index is 12.2. The number of hydrogen-bond acceptors (Lipinski definition) is 5. The third-order valence-corrected chi connectivity index (χ3v) is 3.42. The first kappa shape index (κ1) is 19.3. The van der Waals surface area contributed by atoms with Crippen molar-refractivity contribution in [2.45, 2.75) is 20.8 Å². The molecule has 2 rings (SSSR count). The van der Waals surface area contributed by atoms with E-state index >= 15 is 0 Å². The van der Waals surface area contributed by atoms with Crippen LogP contribution in [0.15, 0.2) is 42.5 Å². The van der Waals surface area contributed by atoms with Crippen molar-refractivity contribution in [3.8, 4) is 11.5 Å². The molecule has 0 radical (unpaired) electrons. The number of rotatable bonds is 8. The van der Waals surface area contributed by atoms with Crippen LogP contribution in [0.1, 0.15) is 29.8 Å². The average molecular weight is 357 g/mol. The van der Waals surface area contributed by atoms with Gasteiger partial charge in [0.05, 0.1) is 18.8 Å². The molecule has 0 fully saturated rings. The molecule has 138 valence electrons. The molecule has 0 saturated heterocycles. The van der Waals surface area contributed by atoms with Crippen LogP contribution in [-0.4, -0.2) is 31.7 Å². The van der Waals surface area contributed by atoms with Crippen LogP contribution >= 0.6 is 0 Å². The predicted molar refractivity (Wildman–Crippen MR) is 98.9 cm³/mol. The Labute approximate surface area is 153 Å². The van der Waals surface area contributed by atoms with Gasteiger partial charge >= 0.3 is 5.97 Å². The zero-order chi connectivity index (χ0) is 18.9. The molecule has 1 N–H and O–H groups in total. The number of esters is 1. The van der Waals surface area contributed by atoms with Gasteiger partial charge in [-0.2, -0.15) is 0 Å². The van der Waals surface area contributed by atoms with Gasteiger partial charge in [0.15, 0.2) is 18.1 Å². The van der Waals surface area contributed by atoms with E-state index in [4.69, 9.17) is 14.2 Å². The van der Waals surface area contributed by atoms with Gasteiger partial charge in [0.2, 0.25) is 0 Å². The zero-order valence-corrected chi connectivity index (χ0v) is 15.2. The van der Waals surface area contributed by atoms with Crippen molar-refractivity contribution < 1.29 is 23.8 Å². The Morgan fingerprint density at radius 1 is 0.962 bits per heavy atom. The smallest absolute Gasteiger partial charge is 0.338 e. The van der Waals surface area contributed by atoms with E-state index in [2.05, 4.69) is 5.32 Å². The van der Waals surface area contributed by atoms with Crippen LogP contribution in [0.2, 0.25) is 0 Å². The Bertz CT molecular complexity index is 773. The van der Waals surface area contributed by atoms with E-state index in [1.165, 1.54) is 0 Å². The number of ether oxygens (including phenoxy) is 3. The van der Waals surface area contributed by atoms with Gasteiger partial charge < -0.3 is 19.5 Å². The summed E-state index contributed by atoms with van der Waals surface area (Å²) in [5, 5.41) is 2.69. The van der Waals surface area contributed by atoms with Crippen LogP contribution in [0.3, 0.4) is 0 Å². The Hall–Kier alpha value is -3.02. The lowest BCUT2D eigenvalue weighted by Crippen LogP contribution is -2.21. The van der Waals surface area contributed by atoms with Crippen molar-refractivity contribution >= 4 is 17.6 Å². The van der Waals surface area contributed by atoms with Gasteiger partial charge in [-0.05, 0) is 56.7 Å². The first-order valence-corrected chi connectivity index (χ1v) is 8.46. The summed E-state index contributed by atoms with van der Waals surface area (Å²) in [4.78, 5) is 24.1. The van der Waals surface area contributed by atoms with Crippen molar-refractivity contribution in [2.75, 3.05) is 25.1 Å². The minimum absolute atomic E-state index is 0.292. The lowest BCUT2D eigenvalue weighted by Gasteiger charge is -2.12. The monoisotopic (exact) mass is 357 g/mol. The molecule has 2 aromatic carbocycles. The second kappa shape index (κ2) is 9.46. The number of nitrogens with one attached hydrogen (secondary N) is 1. The summed E-state index contributed by atoms with van der Waals surface area (Å²) in [5.74, 6) is 0.0180. The summed E-state index contributed by atoms with van der Waals surface area (Å²) in [5.41, 5.74) is 1.98. The topological polar surface area (TPSA) is 73.9 Å². The summed E-state index contributed by atoms with van der Waals surface area (Å²) >= 11 is 0. The van der Waals surface area contributed by atoms with E-state index in [0.717, 1.165) is 5.56 Å². The van der Waals surface area contributed by atoms with Gasteiger partial charge in [0, 0.05) is 5.69 Å². The highest BCUT2D eigenvalue weighted by Gasteiger charge is 2.14. The van der Waals surface area contributed by atoms with E-state index in [-0.39, 0.29) is 6.61 Å². The van der Waals surface area contributed by atoms with Crippen LogP contribution in [-0.2, 0) is 9.53 Å². The molecule has 0 heterocycles. The van der Waals surface area contributed by atoms with Crippen molar-refractivity contribution in [1.82, 2.24) is 0 Å². The Kier molecular flexibility index (Phi) is 7.02. The van der Waals surface area contributed by atoms with Crippen molar-refractivity contribution in [3.05, 3.63) is 53.6 Å². The third kappa shape index (κ3) is 5.51. The fourth-order valence-electron chi connectivity index (χ4n) is 2.31. The molecule has 1 amide bonds. The molecule has 0 aliphatic rings. The quantitative estimate of drug-likeness (QED) is 0.731. The minimum Gasteiger partial charge on any atom is -0.490 e. The number of aryl methyl sites for hydroxylation is 1. The minimum atomic E-state index is -0.603. The summed E-state index contributed by atoms with van der Waals surface area (Å²) in [7, 11) is 0. The van der Waals surface area contributed by atoms with E-state index in [0.29, 0.717) is 36.0 Å². The lowest BCUT2D eigenvalue weighted by atomic mass is 10.2. The molecule has 0 atom stereocenters. The average Bonchev–Trinajstić information content (AvgIpc) is 2.61. The number of carbonyl (C=O) groups is 2. The SMILES string of the molecule is CCOc1ccc(C(=O)OCC(=O)Nc2cccc(C)c2)cc1OCC. The Morgan fingerprint density at radius 2 is 1.69 bits per heavy atom. The largest absolute Gasteiger partial charge is 0.490 e. The lowest BCUT2D eigenvalue weighted by molar-refractivity contribution is -0.119. The van der Waals surface area contributed by atoms with Gasteiger partial charge in [0.1, 0.15) is 0 Å². The number of amides is 1. The van der Waals surface area contributed by atoms with E-state index in [9.17, 15) is 9.59 Å². The number of carbonyl (C=O) groups excluding carboxylic acids is 2. The standard InChI is InChI=1S/C20H23NO5/c1-4-24-17-10-9-15(12-18(17)25-5-2)20(23)26-13-19(22)21-16-8-6-7-14(3)11-16/h6-12H,4-5,13H2,1-3H3,(H,21,22). The molecule has 26 heavy (non-hydrogen) atoms. The van der Waals surface area contributed by atoms with E-state index < -0.39 is 11.9 Å². The molecule has 0 aliphatic carbocycles. The second-order valence-electron chi connectivity index (χ2n) is 5.52. The van der Waals surface area contributed by atoms with Crippen molar-refractivity contribution in [1.29, 1.82) is 0 Å². The first-order valence-electron chi connectivity index (χ1n) is 8.46. The van der Waals surface area contributed by atoms with Gasteiger partial charge in [-0.25, -0.2) is 4.79 Å². The molecule has 0 saturated carbocycles. The predicted octanol–water partition coefficient (Wildman–Crippen LogP) is 3.59. The summed E-state index contributed by atoms with van der Waals surface area (Å²) in [6.07, 6.45) is 0. The normalized spacial score (nSPS) is 10.1. The first-order chi connectivity index (χ1) is 12.5. The van der Waals surface area contributed by atoms with Crippen molar-refractivity contribution in [2.24, 2.45) is 0 Å². The molecule has 0 aliphatic heterocycles. The molecule has 6 heteroatoms. The maximum Gasteiger partial charge on any atom is 0.338 e. The van der Waals surface area contributed by atoms with Crippen LogP contribution in [0, 0.1) is 6.92 Å². The summed E-state index contributed by atoms with van der Waals surface area (Å²) in [6.45, 7) is 6.20. The molecule has 0 unspecified atom stereocenters. The maximum atomic E-state index is 12.2. The van der Waals surface area contributed by atoms with Crippen LogP contribution in [0.4, 0.5) is 5.69 Å². The zero-order valence-electron chi connectivity index (χ0n) is 15.2. The van der Waals surface area contributed by atoms with Crippen molar-refractivity contribution in [3.63, 3.8) is 0 Å². The van der Waals surface area contributed by atoms with Crippen LogP contribution in [0.5, 0.6) is 11.5 Å². The Balaban J connectivity index is 1.96. The summed E-state index contributed by atoms with van der Waals surface area (Å²) in [6, 6.07) is 12.2. The molecule has 0 aromatic heterocycles. The van der Waals surface area contributed by atoms with Gasteiger partial charge in [-0.3, -0.25) is 4.79 Å². The molecule has 0 bridgehead atoms. The Morgan fingerprint density at radius 3 is 2.38 bits per heavy atom. The molecular formula is C20H23NO5. The summed E-state index contributed by atoms with van der Waals surface area (Å²) < 4.78 is 16.0. The third-order valence-electron chi connectivity index (χ3n) is 3.42. The fraction of sp³-hybridized carbons (Fsp3) is 0.300. The second-order valence-corrected chi connectivity index (χ2v) is 5.52. The van der Waals surface area contributed by atoms with Gasteiger partial charge in [0.25, 0.3) is 5.91 Å². The number of benzene rings is 2. The van der Waals surface area contributed by atoms with Crippen LogP contribution < -0.4 is 14.8 Å². The molecule has 2 aromatic rings. The highest BCUT2D eigenvalue weighted by molar-refractivity contribution is 5.95. The van der Waals surface area contributed by atoms with E-state index in [1.807, 2.05) is 39.0 Å².